The summed E-state index contributed by atoms with van der Waals surface area (Å²) >= 11 is 0. The Bertz CT molecular complexity index is 127. The molecule has 0 saturated carbocycles. The topological polar surface area (TPSA) is 20.2 Å². The SMILES string of the molecule is C=CCC[C@H](O)C#CC. The maximum absolute atomic E-state index is 8.96. The van der Waals surface area contributed by atoms with Gasteiger partial charge in [-0.15, -0.1) is 12.5 Å². The molecule has 0 spiro atoms. The smallest absolute Gasteiger partial charge is 0.115 e. The number of hydrogen-bond acceptors (Lipinski definition) is 1. The van der Waals surface area contributed by atoms with Gasteiger partial charge < -0.3 is 5.11 Å². The van der Waals surface area contributed by atoms with Crippen LogP contribution < -0.4 is 0 Å². The molecule has 0 aliphatic heterocycles. The van der Waals surface area contributed by atoms with Crippen LogP contribution in [0.4, 0.5) is 0 Å². The molecule has 0 aliphatic carbocycles. The fourth-order valence-electron chi connectivity index (χ4n) is 0.515. The van der Waals surface area contributed by atoms with Crippen LogP contribution in [0, 0.1) is 11.8 Å². The fourth-order valence-corrected chi connectivity index (χ4v) is 0.515. The van der Waals surface area contributed by atoms with E-state index in [0.717, 1.165) is 6.42 Å². The minimum atomic E-state index is -0.465. The Morgan fingerprint density at radius 2 is 2.44 bits per heavy atom. The Kier molecular flexibility index (Phi) is 4.95. The predicted molar refractivity (Wildman–Crippen MR) is 38.9 cm³/mol. The summed E-state index contributed by atoms with van der Waals surface area (Å²) in [5.74, 6) is 5.28. The number of aliphatic hydroxyl groups excluding tert-OH is 1. The fraction of sp³-hybridized carbons (Fsp3) is 0.500. The van der Waals surface area contributed by atoms with Crippen molar-refractivity contribution in [1.29, 1.82) is 0 Å². The van der Waals surface area contributed by atoms with Gasteiger partial charge in [-0.2, -0.15) is 0 Å². The monoisotopic (exact) mass is 124 g/mol. The van der Waals surface area contributed by atoms with Crippen LogP contribution in [0.1, 0.15) is 19.8 Å². The lowest BCUT2D eigenvalue weighted by molar-refractivity contribution is 0.223. The summed E-state index contributed by atoms with van der Waals surface area (Å²) in [6, 6.07) is 0. The molecule has 50 valence electrons. The number of allylic oxidation sites excluding steroid dienone is 1. The lowest BCUT2D eigenvalue weighted by Crippen LogP contribution is -2.00. The van der Waals surface area contributed by atoms with E-state index in [9.17, 15) is 0 Å². The molecule has 0 bridgehead atoms. The van der Waals surface area contributed by atoms with Gasteiger partial charge >= 0.3 is 0 Å². The number of rotatable bonds is 3. The third-order valence-electron chi connectivity index (χ3n) is 0.955. The summed E-state index contributed by atoms with van der Waals surface area (Å²) in [4.78, 5) is 0. The molecule has 1 N–H and O–H groups in total. The van der Waals surface area contributed by atoms with Crippen molar-refractivity contribution in [3.05, 3.63) is 12.7 Å². The summed E-state index contributed by atoms with van der Waals surface area (Å²) in [5, 5.41) is 8.96. The van der Waals surface area contributed by atoms with Gasteiger partial charge in [-0.25, -0.2) is 0 Å². The molecule has 0 heterocycles. The average Bonchev–Trinajstić information content (AvgIpc) is 1.85. The molecular weight excluding hydrogens is 112 g/mol. The second-order valence-corrected chi connectivity index (χ2v) is 1.78. The van der Waals surface area contributed by atoms with Crippen LogP contribution in [-0.2, 0) is 0 Å². The first kappa shape index (κ1) is 8.26. The zero-order valence-electron chi connectivity index (χ0n) is 5.72. The summed E-state index contributed by atoms with van der Waals surface area (Å²) in [6.45, 7) is 5.25. The summed E-state index contributed by atoms with van der Waals surface area (Å²) < 4.78 is 0. The minimum absolute atomic E-state index is 0.465. The van der Waals surface area contributed by atoms with Gasteiger partial charge in [0.15, 0.2) is 0 Å². The van der Waals surface area contributed by atoms with Crippen molar-refractivity contribution in [2.24, 2.45) is 0 Å². The van der Waals surface area contributed by atoms with Crippen LogP contribution >= 0.6 is 0 Å². The van der Waals surface area contributed by atoms with Crippen molar-refractivity contribution in [2.45, 2.75) is 25.9 Å². The van der Waals surface area contributed by atoms with Crippen molar-refractivity contribution in [1.82, 2.24) is 0 Å². The molecule has 0 aromatic heterocycles. The predicted octanol–water partition coefficient (Wildman–Crippen LogP) is 1.34. The van der Waals surface area contributed by atoms with Crippen LogP contribution in [0.25, 0.3) is 0 Å². The Morgan fingerprint density at radius 3 is 2.89 bits per heavy atom. The van der Waals surface area contributed by atoms with E-state index in [1.54, 1.807) is 13.0 Å². The van der Waals surface area contributed by atoms with Crippen molar-refractivity contribution in [3.63, 3.8) is 0 Å². The molecule has 0 aliphatic rings. The Balaban J connectivity index is 3.33. The van der Waals surface area contributed by atoms with Gasteiger partial charge in [0.2, 0.25) is 0 Å². The van der Waals surface area contributed by atoms with Gasteiger partial charge in [-0.05, 0) is 19.8 Å². The highest BCUT2D eigenvalue weighted by Gasteiger charge is 1.93. The molecule has 0 radical (unpaired) electrons. The molecule has 0 fully saturated rings. The van der Waals surface area contributed by atoms with E-state index in [-0.39, 0.29) is 0 Å². The molecular formula is C8H12O. The summed E-state index contributed by atoms with van der Waals surface area (Å²) in [6.07, 6.45) is 2.84. The molecule has 1 atom stereocenters. The largest absolute Gasteiger partial charge is 0.380 e. The lowest BCUT2D eigenvalue weighted by Gasteiger charge is -1.96. The van der Waals surface area contributed by atoms with Gasteiger partial charge in [0.05, 0.1) is 0 Å². The Hall–Kier alpha value is -0.740. The van der Waals surface area contributed by atoms with E-state index in [0.29, 0.717) is 6.42 Å². The second kappa shape index (κ2) is 5.40. The Labute approximate surface area is 56.4 Å². The van der Waals surface area contributed by atoms with Crippen molar-refractivity contribution in [2.75, 3.05) is 0 Å². The van der Waals surface area contributed by atoms with E-state index in [2.05, 4.69) is 18.4 Å². The summed E-state index contributed by atoms with van der Waals surface area (Å²) in [5.41, 5.74) is 0. The van der Waals surface area contributed by atoms with E-state index in [1.807, 2.05) is 0 Å². The van der Waals surface area contributed by atoms with Crippen LogP contribution in [-0.4, -0.2) is 11.2 Å². The lowest BCUT2D eigenvalue weighted by atomic mass is 10.2. The zero-order chi connectivity index (χ0) is 7.11. The summed E-state index contributed by atoms with van der Waals surface area (Å²) in [7, 11) is 0. The van der Waals surface area contributed by atoms with Crippen LogP contribution in [0.3, 0.4) is 0 Å². The van der Waals surface area contributed by atoms with Crippen molar-refractivity contribution < 1.29 is 5.11 Å². The molecule has 1 nitrogen and oxygen atoms in total. The quantitative estimate of drug-likeness (QED) is 0.444. The van der Waals surface area contributed by atoms with E-state index in [1.165, 1.54) is 0 Å². The molecule has 0 aromatic carbocycles. The second-order valence-electron chi connectivity index (χ2n) is 1.78. The Morgan fingerprint density at radius 1 is 1.78 bits per heavy atom. The highest BCUT2D eigenvalue weighted by atomic mass is 16.3. The van der Waals surface area contributed by atoms with E-state index < -0.39 is 6.10 Å². The molecule has 0 rings (SSSR count). The first-order valence-electron chi connectivity index (χ1n) is 3.02. The third-order valence-corrected chi connectivity index (χ3v) is 0.955. The third kappa shape index (κ3) is 5.13. The number of aliphatic hydroxyl groups is 1. The van der Waals surface area contributed by atoms with Crippen LogP contribution in [0.5, 0.6) is 0 Å². The molecule has 1 heteroatoms. The van der Waals surface area contributed by atoms with E-state index in [4.69, 9.17) is 5.11 Å². The molecule has 0 amide bonds. The van der Waals surface area contributed by atoms with Crippen LogP contribution in [0.15, 0.2) is 12.7 Å². The van der Waals surface area contributed by atoms with Crippen molar-refractivity contribution >= 4 is 0 Å². The molecule has 0 unspecified atom stereocenters. The molecule has 0 aromatic rings. The maximum atomic E-state index is 8.96. The number of hydrogen-bond donors (Lipinski definition) is 1. The van der Waals surface area contributed by atoms with Gasteiger partial charge in [-0.3, -0.25) is 0 Å². The standard InChI is InChI=1S/C8H12O/c1-3-5-7-8(9)6-4-2/h3,8-9H,1,5,7H2,2H3/t8-/m1/s1. The average molecular weight is 124 g/mol. The first-order valence-corrected chi connectivity index (χ1v) is 3.02. The normalized spacial score (nSPS) is 11.3. The minimum Gasteiger partial charge on any atom is -0.380 e. The van der Waals surface area contributed by atoms with Gasteiger partial charge in [-0.1, -0.05) is 12.0 Å². The van der Waals surface area contributed by atoms with Crippen LogP contribution in [0.2, 0.25) is 0 Å². The van der Waals surface area contributed by atoms with E-state index >= 15 is 0 Å². The van der Waals surface area contributed by atoms with Crippen molar-refractivity contribution in [3.8, 4) is 11.8 Å². The molecule has 0 saturated heterocycles. The van der Waals surface area contributed by atoms with Gasteiger partial charge in [0.1, 0.15) is 6.10 Å². The first-order chi connectivity index (χ1) is 4.31. The molecule has 9 heavy (non-hydrogen) atoms. The highest BCUT2D eigenvalue weighted by Crippen LogP contribution is 1.94. The maximum Gasteiger partial charge on any atom is 0.115 e. The van der Waals surface area contributed by atoms with Gasteiger partial charge in [0, 0.05) is 0 Å². The highest BCUT2D eigenvalue weighted by molar-refractivity contribution is 5.01. The van der Waals surface area contributed by atoms with Gasteiger partial charge in [0.25, 0.3) is 0 Å². The zero-order valence-corrected chi connectivity index (χ0v) is 5.72.